The van der Waals surface area contributed by atoms with Gasteiger partial charge in [-0.05, 0) is 55.8 Å². The van der Waals surface area contributed by atoms with Crippen LogP contribution in [0.5, 0.6) is 0 Å². The van der Waals surface area contributed by atoms with Gasteiger partial charge >= 0.3 is 0 Å². The Morgan fingerprint density at radius 1 is 1.08 bits per heavy atom. The van der Waals surface area contributed by atoms with Crippen LogP contribution in [-0.2, 0) is 11.2 Å². The van der Waals surface area contributed by atoms with Crippen LogP contribution >= 0.6 is 0 Å². The van der Waals surface area contributed by atoms with Crippen molar-refractivity contribution in [3.8, 4) is 0 Å². The predicted molar refractivity (Wildman–Crippen MR) is 95.1 cm³/mol. The van der Waals surface area contributed by atoms with E-state index in [-0.39, 0.29) is 12.3 Å². The molecule has 2 amide bonds. The lowest BCUT2D eigenvalue weighted by molar-refractivity contribution is -0.115. The molecule has 5 nitrogen and oxygen atoms in total. The second-order valence-electron chi connectivity index (χ2n) is 5.94. The number of aromatic nitrogens is 1. The number of hydrogen-bond acceptors (Lipinski definition) is 2. The highest BCUT2D eigenvalue weighted by Crippen LogP contribution is 2.24. The number of amides is 2. The number of carbonyl (C=O) groups is 2. The molecule has 0 bridgehead atoms. The van der Waals surface area contributed by atoms with Crippen LogP contribution in [0.15, 0.2) is 42.5 Å². The van der Waals surface area contributed by atoms with Gasteiger partial charge in [-0.3, -0.25) is 9.59 Å². The Balaban J connectivity index is 1.78. The average molecular weight is 321 g/mol. The van der Waals surface area contributed by atoms with E-state index in [1.807, 2.05) is 26.0 Å². The lowest BCUT2D eigenvalue weighted by Gasteiger charge is -2.06. The molecule has 0 fully saturated rings. The SMILES string of the molecule is Cc1ccc2[nH]c(C)c(CC(=O)Nc3ccc(C(N)=O)cc3)c2c1. The monoisotopic (exact) mass is 321 g/mol. The first-order chi connectivity index (χ1) is 11.4. The van der Waals surface area contributed by atoms with Gasteiger partial charge in [0.05, 0.1) is 6.42 Å². The first kappa shape index (κ1) is 15.8. The van der Waals surface area contributed by atoms with E-state index in [1.165, 1.54) is 0 Å². The number of anilines is 1. The van der Waals surface area contributed by atoms with E-state index in [2.05, 4.69) is 16.4 Å². The molecule has 0 radical (unpaired) electrons. The van der Waals surface area contributed by atoms with Crippen molar-refractivity contribution in [2.45, 2.75) is 20.3 Å². The van der Waals surface area contributed by atoms with Gasteiger partial charge in [0.2, 0.25) is 11.8 Å². The number of rotatable bonds is 4. The zero-order chi connectivity index (χ0) is 17.3. The van der Waals surface area contributed by atoms with Crippen LogP contribution in [0.1, 0.15) is 27.2 Å². The van der Waals surface area contributed by atoms with Gasteiger partial charge in [-0.15, -0.1) is 0 Å². The molecular weight excluding hydrogens is 302 g/mol. The van der Waals surface area contributed by atoms with E-state index in [4.69, 9.17) is 5.73 Å². The first-order valence-electron chi connectivity index (χ1n) is 7.71. The number of primary amides is 1. The van der Waals surface area contributed by atoms with Crippen LogP contribution in [0.25, 0.3) is 10.9 Å². The fourth-order valence-corrected chi connectivity index (χ4v) is 2.81. The summed E-state index contributed by atoms with van der Waals surface area (Å²) in [5, 5.41) is 3.92. The zero-order valence-electron chi connectivity index (χ0n) is 13.6. The van der Waals surface area contributed by atoms with Crippen molar-refractivity contribution in [2.75, 3.05) is 5.32 Å². The minimum absolute atomic E-state index is 0.104. The average Bonchev–Trinajstić information content (AvgIpc) is 2.83. The lowest BCUT2D eigenvalue weighted by Crippen LogP contribution is -2.15. The topological polar surface area (TPSA) is 88.0 Å². The maximum absolute atomic E-state index is 12.4. The van der Waals surface area contributed by atoms with E-state index in [1.54, 1.807) is 24.3 Å². The number of H-pyrrole nitrogens is 1. The van der Waals surface area contributed by atoms with Crippen LogP contribution in [0.3, 0.4) is 0 Å². The Labute approximate surface area is 139 Å². The molecule has 5 heteroatoms. The fourth-order valence-electron chi connectivity index (χ4n) is 2.81. The maximum Gasteiger partial charge on any atom is 0.248 e. The summed E-state index contributed by atoms with van der Waals surface area (Å²) in [7, 11) is 0. The standard InChI is InChI=1S/C19H19N3O2/c1-11-3-8-17-16(9-11)15(12(2)21-17)10-18(23)22-14-6-4-13(5-7-14)19(20)24/h3-9,21H,10H2,1-2H3,(H2,20,24)(H,22,23). The Kier molecular flexibility index (Phi) is 4.08. The third kappa shape index (κ3) is 3.15. The molecule has 1 aromatic heterocycles. The van der Waals surface area contributed by atoms with Gasteiger partial charge in [-0.2, -0.15) is 0 Å². The predicted octanol–water partition coefficient (Wildman–Crippen LogP) is 3.06. The Bertz CT molecular complexity index is 924. The van der Waals surface area contributed by atoms with Crippen LogP contribution in [0, 0.1) is 13.8 Å². The van der Waals surface area contributed by atoms with Crippen molar-refractivity contribution in [1.82, 2.24) is 4.98 Å². The third-order valence-electron chi connectivity index (χ3n) is 4.07. The summed E-state index contributed by atoms with van der Waals surface area (Å²) in [6.45, 7) is 4.01. The van der Waals surface area contributed by atoms with Gasteiger partial charge in [0.25, 0.3) is 0 Å². The molecule has 0 unspecified atom stereocenters. The summed E-state index contributed by atoms with van der Waals surface area (Å²) < 4.78 is 0. The van der Waals surface area contributed by atoms with Crippen molar-refractivity contribution in [2.24, 2.45) is 5.73 Å². The molecule has 0 aliphatic carbocycles. The van der Waals surface area contributed by atoms with Crippen molar-refractivity contribution >= 4 is 28.4 Å². The van der Waals surface area contributed by atoms with E-state index in [0.29, 0.717) is 11.3 Å². The quantitative estimate of drug-likeness (QED) is 0.689. The summed E-state index contributed by atoms with van der Waals surface area (Å²) in [6.07, 6.45) is 0.285. The van der Waals surface area contributed by atoms with Gasteiger partial charge in [0, 0.05) is 27.8 Å². The van der Waals surface area contributed by atoms with Crippen LogP contribution in [0.4, 0.5) is 5.69 Å². The molecule has 0 saturated heterocycles. The Morgan fingerprint density at radius 3 is 2.46 bits per heavy atom. The maximum atomic E-state index is 12.4. The van der Waals surface area contributed by atoms with Gasteiger partial charge in [-0.25, -0.2) is 0 Å². The van der Waals surface area contributed by atoms with Crippen molar-refractivity contribution in [3.63, 3.8) is 0 Å². The Morgan fingerprint density at radius 2 is 1.79 bits per heavy atom. The largest absolute Gasteiger partial charge is 0.366 e. The highest BCUT2D eigenvalue weighted by Gasteiger charge is 2.13. The highest BCUT2D eigenvalue weighted by molar-refractivity contribution is 5.97. The molecule has 122 valence electrons. The molecule has 2 aromatic carbocycles. The van der Waals surface area contributed by atoms with Crippen molar-refractivity contribution in [3.05, 3.63) is 64.8 Å². The van der Waals surface area contributed by atoms with E-state index < -0.39 is 5.91 Å². The molecule has 4 N–H and O–H groups in total. The van der Waals surface area contributed by atoms with Gasteiger partial charge < -0.3 is 16.0 Å². The number of fused-ring (bicyclic) bond motifs is 1. The number of nitrogens with one attached hydrogen (secondary N) is 2. The van der Waals surface area contributed by atoms with Crippen LogP contribution in [-0.4, -0.2) is 16.8 Å². The Hall–Kier alpha value is -3.08. The number of hydrogen-bond donors (Lipinski definition) is 3. The van der Waals surface area contributed by atoms with Crippen molar-refractivity contribution < 1.29 is 9.59 Å². The van der Waals surface area contributed by atoms with Gasteiger partial charge in [-0.1, -0.05) is 11.6 Å². The van der Waals surface area contributed by atoms with Crippen molar-refractivity contribution in [1.29, 1.82) is 0 Å². The third-order valence-corrected chi connectivity index (χ3v) is 4.07. The molecular formula is C19H19N3O2. The zero-order valence-corrected chi connectivity index (χ0v) is 13.6. The minimum atomic E-state index is -0.488. The molecule has 3 aromatic rings. The molecule has 24 heavy (non-hydrogen) atoms. The molecule has 1 heterocycles. The summed E-state index contributed by atoms with van der Waals surface area (Å²) in [5.74, 6) is -0.593. The number of aromatic amines is 1. The summed E-state index contributed by atoms with van der Waals surface area (Å²) in [4.78, 5) is 26.7. The van der Waals surface area contributed by atoms with Crippen LogP contribution in [0.2, 0.25) is 0 Å². The summed E-state index contributed by atoms with van der Waals surface area (Å²) in [6, 6.07) is 12.7. The number of benzene rings is 2. The minimum Gasteiger partial charge on any atom is -0.366 e. The molecule has 0 aliphatic rings. The molecule has 0 spiro atoms. The molecule has 0 atom stereocenters. The lowest BCUT2D eigenvalue weighted by atomic mass is 10.1. The normalized spacial score (nSPS) is 10.8. The van der Waals surface area contributed by atoms with E-state index in [0.717, 1.165) is 27.7 Å². The number of nitrogens with two attached hydrogens (primary N) is 1. The van der Waals surface area contributed by atoms with Gasteiger partial charge in [0.1, 0.15) is 0 Å². The van der Waals surface area contributed by atoms with E-state index in [9.17, 15) is 9.59 Å². The molecule has 0 saturated carbocycles. The summed E-state index contributed by atoms with van der Waals surface area (Å²) >= 11 is 0. The fraction of sp³-hybridized carbons (Fsp3) is 0.158. The smallest absolute Gasteiger partial charge is 0.248 e. The number of carbonyl (C=O) groups excluding carboxylic acids is 2. The highest BCUT2D eigenvalue weighted by atomic mass is 16.2. The van der Waals surface area contributed by atoms with Crippen LogP contribution < -0.4 is 11.1 Å². The number of aryl methyl sites for hydroxylation is 2. The first-order valence-corrected chi connectivity index (χ1v) is 7.71. The second kappa shape index (κ2) is 6.20. The van der Waals surface area contributed by atoms with Gasteiger partial charge in [0.15, 0.2) is 0 Å². The van der Waals surface area contributed by atoms with E-state index >= 15 is 0 Å². The summed E-state index contributed by atoms with van der Waals surface area (Å²) in [5.41, 5.74) is 10.4. The molecule has 3 rings (SSSR count). The molecule has 0 aliphatic heterocycles. The second-order valence-corrected chi connectivity index (χ2v) is 5.94.